The molecule has 2 rings (SSSR count). The maximum absolute atomic E-state index is 12.0. The zero-order chi connectivity index (χ0) is 14.5. The topological polar surface area (TPSA) is 68.0 Å². The first-order valence-corrected chi connectivity index (χ1v) is 7.63. The third-order valence-electron chi connectivity index (χ3n) is 4.12. The summed E-state index contributed by atoms with van der Waals surface area (Å²) in [5.41, 5.74) is 6.50. The molecule has 0 atom stereocenters. The van der Waals surface area contributed by atoms with Crippen molar-refractivity contribution in [1.29, 1.82) is 0 Å². The Morgan fingerprint density at radius 1 is 1.45 bits per heavy atom. The van der Waals surface area contributed by atoms with Crippen LogP contribution in [0.25, 0.3) is 0 Å². The maximum atomic E-state index is 12.0. The third kappa shape index (κ3) is 4.10. The summed E-state index contributed by atoms with van der Waals surface area (Å²) in [5, 5.41) is 3.20. The Morgan fingerprint density at radius 3 is 2.85 bits per heavy atom. The van der Waals surface area contributed by atoms with Crippen molar-refractivity contribution in [3.05, 3.63) is 23.0 Å². The molecule has 3 N–H and O–H groups in total. The van der Waals surface area contributed by atoms with Gasteiger partial charge in [0.25, 0.3) is 5.91 Å². The van der Waals surface area contributed by atoms with Crippen LogP contribution in [0.4, 0.5) is 5.69 Å². The summed E-state index contributed by atoms with van der Waals surface area (Å²) in [4.78, 5) is 15.9. The molecule has 1 aliphatic carbocycles. The third-order valence-corrected chi connectivity index (χ3v) is 4.33. The normalized spacial score (nSPS) is 22.5. The van der Waals surface area contributed by atoms with Gasteiger partial charge in [-0.3, -0.25) is 4.79 Å². The van der Waals surface area contributed by atoms with Gasteiger partial charge in [0.2, 0.25) is 0 Å². The van der Waals surface area contributed by atoms with E-state index in [1.54, 1.807) is 0 Å². The molecule has 0 aromatic carbocycles. The fraction of sp³-hybridized carbons (Fsp3) is 0.600. The predicted octanol–water partition coefficient (Wildman–Crippen LogP) is 3.26. The second kappa shape index (κ2) is 6.93. The summed E-state index contributed by atoms with van der Waals surface area (Å²) < 4.78 is 0. The minimum Gasteiger partial charge on any atom is -0.397 e. The van der Waals surface area contributed by atoms with E-state index in [2.05, 4.69) is 17.2 Å². The molecule has 1 aromatic rings. The van der Waals surface area contributed by atoms with Crippen molar-refractivity contribution in [3.63, 3.8) is 0 Å². The zero-order valence-corrected chi connectivity index (χ0v) is 12.6. The predicted molar refractivity (Wildman–Crippen MR) is 81.7 cm³/mol. The molecule has 0 bridgehead atoms. The average Bonchev–Trinajstić information content (AvgIpc) is 2.43. The Morgan fingerprint density at radius 2 is 2.15 bits per heavy atom. The van der Waals surface area contributed by atoms with Crippen LogP contribution in [0.15, 0.2) is 12.3 Å². The van der Waals surface area contributed by atoms with Crippen molar-refractivity contribution in [1.82, 2.24) is 10.3 Å². The van der Waals surface area contributed by atoms with E-state index in [1.807, 2.05) is 0 Å². The van der Waals surface area contributed by atoms with E-state index in [4.69, 9.17) is 17.3 Å². The highest BCUT2D eigenvalue weighted by atomic mass is 35.5. The molecular weight excluding hydrogens is 274 g/mol. The molecule has 0 aliphatic heterocycles. The molecule has 1 amide bonds. The highest BCUT2D eigenvalue weighted by molar-refractivity contribution is 6.29. The number of nitrogens with zero attached hydrogens (tertiary/aromatic N) is 1. The van der Waals surface area contributed by atoms with Crippen LogP contribution in [-0.2, 0) is 0 Å². The fourth-order valence-electron chi connectivity index (χ4n) is 2.74. The number of halogens is 1. The van der Waals surface area contributed by atoms with Crippen LogP contribution >= 0.6 is 11.6 Å². The van der Waals surface area contributed by atoms with Crippen molar-refractivity contribution < 1.29 is 4.79 Å². The number of nitrogen functional groups attached to an aromatic ring is 1. The van der Waals surface area contributed by atoms with Gasteiger partial charge < -0.3 is 11.1 Å². The van der Waals surface area contributed by atoms with Crippen LogP contribution in [0.3, 0.4) is 0 Å². The Labute approximate surface area is 125 Å². The molecule has 1 fully saturated rings. The van der Waals surface area contributed by atoms with Crippen LogP contribution in [0.5, 0.6) is 0 Å². The smallest absolute Gasteiger partial charge is 0.253 e. The van der Waals surface area contributed by atoms with E-state index in [0.29, 0.717) is 17.8 Å². The monoisotopic (exact) mass is 295 g/mol. The van der Waals surface area contributed by atoms with Gasteiger partial charge in [0.15, 0.2) is 0 Å². The number of amides is 1. The highest BCUT2D eigenvalue weighted by Crippen LogP contribution is 2.29. The number of aromatic nitrogens is 1. The number of carbonyl (C=O) groups is 1. The molecule has 1 aromatic heterocycles. The molecule has 5 heteroatoms. The largest absolute Gasteiger partial charge is 0.397 e. The number of carbonyl (C=O) groups excluding carboxylic acids is 1. The van der Waals surface area contributed by atoms with Gasteiger partial charge >= 0.3 is 0 Å². The van der Waals surface area contributed by atoms with Crippen molar-refractivity contribution >= 4 is 23.2 Å². The van der Waals surface area contributed by atoms with Gasteiger partial charge in [0.1, 0.15) is 5.15 Å². The molecule has 1 saturated carbocycles. The minimum atomic E-state index is -0.170. The Hall–Kier alpha value is -1.29. The van der Waals surface area contributed by atoms with Gasteiger partial charge in [0, 0.05) is 6.54 Å². The standard InChI is InChI=1S/C15H22ClN3O/c1-10-2-4-11(5-3-10)6-7-18-15(20)12-8-14(16)19-9-13(12)17/h8-11H,2-7,17H2,1H3,(H,18,20). The van der Waals surface area contributed by atoms with Crippen LogP contribution in [0.2, 0.25) is 5.15 Å². The lowest BCUT2D eigenvalue weighted by atomic mass is 9.81. The molecule has 0 unspecified atom stereocenters. The van der Waals surface area contributed by atoms with Crippen LogP contribution in [0.1, 0.15) is 49.4 Å². The van der Waals surface area contributed by atoms with E-state index >= 15 is 0 Å². The van der Waals surface area contributed by atoms with Crippen LogP contribution < -0.4 is 11.1 Å². The van der Waals surface area contributed by atoms with Gasteiger partial charge in [-0.15, -0.1) is 0 Å². The number of nitrogens with two attached hydrogens (primary N) is 1. The van der Waals surface area contributed by atoms with Gasteiger partial charge in [-0.25, -0.2) is 4.98 Å². The van der Waals surface area contributed by atoms with E-state index < -0.39 is 0 Å². The number of anilines is 1. The number of pyridine rings is 1. The molecule has 4 nitrogen and oxygen atoms in total. The molecule has 0 saturated heterocycles. The number of hydrogen-bond acceptors (Lipinski definition) is 3. The first-order valence-electron chi connectivity index (χ1n) is 7.25. The first-order chi connectivity index (χ1) is 9.56. The summed E-state index contributed by atoms with van der Waals surface area (Å²) in [6, 6.07) is 1.51. The second-order valence-corrected chi connectivity index (χ2v) is 6.15. The van der Waals surface area contributed by atoms with E-state index in [0.717, 1.165) is 18.3 Å². The van der Waals surface area contributed by atoms with E-state index in [9.17, 15) is 4.79 Å². The van der Waals surface area contributed by atoms with Gasteiger partial charge in [-0.1, -0.05) is 44.2 Å². The first kappa shape index (κ1) is 15.1. The summed E-state index contributed by atoms with van der Waals surface area (Å²) >= 11 is 5.78. The number of rotatable bonds is 4. The van der Waals surface area contributed by atoms with Gasteiger partial charge in [-0.05, 0) is 24.3 Å². The van der Waals surface area contributed by atoms with E-state index in [-0.39, 0.29) is 11.1 Å². The molecule has 20 heavy (non-hydrogen) atoms. The molecule has 0 spiro atoms. The minimum absolute atomic E-state index is 0.170. The molecular formula is C15H22ClN3O. The lowest BCUT2D eigenvalue weighted by molar-refractivity contribution is 0.0950. The Kier molecular flexibility index (Phi) is 5.24. The molecule has 110 valence electrons. The van der Waals surface area contributed by atoms with Crippen LogP contribution in [0, 0.1) is 11.8 Å². The lowest BCUT2D eigenvalue weighted by Crippen LogP contribution is -2.27. The number of nitrogens with one attached hydrogen (secondary N) is 1. The number of hydrogen-bond donors (Lipinski definition) is 2. The Balaban J connectivity index is 1.79. The zero-order valence-electron chi connectivity index (χ0n) is 11.9. The fourth-order valence-corrected chi connectivity index (χ4v) is 2.90. The summed E-state index contributed by atoms with van der Waals surface area (Å²) in [6.45, 7) is 3.01. The highest BCUT2D eigenvalue weighted by Gasteiger charge is 2.18. The summed E-state index contributed by atoms with van der Waals surface area (Å²) in [5.74, 6) is 1.43. The molecule has 1 aliphatic rings. The SMILES string of the molecule is CC1CCC(CCNC(=O)c2cc(Cl)ncc2N)CC1. The molecule has 1 heterocycles. The van der Waals surface area contributed by atoms with Gasteiger partial charge in [0.05, 0.1) is 17.4 Å². The van der Waals surface area contributed by atoms with E-state index in [1.165, 1.54) is 37.9 Å². The van der Waals surface area contributed by atoms with Crippen molar-refractivity contribution in [2.75, 3.05) is 12.3 Å². The average molecular weight is 296 g/mol. The molecule has 0 radical (unpaired) electrons. The van der Waals surface area contributed by atoms with Crippen molar-refractivity contribution in [3.8, 4) is 0 Å². The van der Waals surface area contributed by atoms with Gasteiger partial charge in [-0.2, -0.15) is 0 Å². The van der Waals surface area contributed by atoms with Crippen LogP contribution in [-0.4, -0.2) is 17.4 Å². The quantitative estimate of drug-likeness (QED) is 0.838. The van der Waals surface area contributed by atoms with Crippen molar-refractivity contribution in [2.24, 2.45) is 11.8 Å². The summed E-state index contributed by atoms with van der Waals surface area (Å²) in [6.07, 6.45) is 7.63. The second-order valence-electron chi connectivity index (χ2n) is 5.76. The summed E-state index contributed by atoms with van der Waals surface area (Å²) in [7, 11) is 0. The maximum Gasteiger partial charge on any atom is 0.253 e. The lowest BCUT2D eigenvalue weighted by Gasteiger charge is -2.26. The Bertz CT molecular complexity index is 470. The van der Waals surface area contributed by atoms with Crippen molar-refractivity contribution in [2.45, 2.75) is 39.0 Å².